The molecule has 1 amide bonds. The van der Waals surface area contributed by atoms with Crippen molar-refractivity contribution in [3.05, 3.63) is 29.8 Å². The molecule has 0 saturated heterocycles. The summed E-state index contributed by atoms with van der Waals surface area (Å²) in [5.41, 5.74) is 1.28. The summed E-state index contributed by atoms with van der Waals surface area (Å²) in [5, 5.41) is 4.28. The predicted octanol–water partition coefficient (Wildman–Crippen LogP) is 4.16. The van der Waals surface area contributed by atoms with Gasteiger partial charge in [0.15, 0.2) is 0 Å². The van der Waals surface area contributed by atoms with E-state index in [1.165, 1.54) is 23.3 Å². The monoisotopic (exact) mass is 367 g/mol. The van der Waals surface area contributed by atoms with Crippen molar-refractivity contribution in [3.63, 3.8) is 0 Å². The molecule has 1 unspecified atom stereocenters. The molecule has 2 aliphatic rings. The van der Waals surface area contributed by atoms with Crippen LogP contribution in [0.15, 0.2) is 29.2 Å². The number of halogens is 1. The van der Waals surface area contributed by atoms with E-state index in [0.717, 1.165) is 30.5 Å². The van der Waals surface area contributed by atoms with Gasteiger partial charge in [-0.15, -0.1) is 11.8 Å². The highest BCUT2D eigenvalue weighted by atomic mass is 79.9. The molecule has 0 radical (unpaired) electrons. The number of fused-ring (bicyclic) bond motifs is 1. The van der Waals surface area contributed by atoms with Crippen LogP contribution in [0.1, 0.15) is 38.2 Å². The Labute approximate surface area is 139 Å². The van der Waals surface area contributed by atoms with E-state index in [1.54, 1.807) is 11.8 Å². The molecule has 0 bridgehead atoms. The number of hydrogen-bond acceptors (Lipinski definition) is 2. The van der Waals surface area contributed by atoms with E-state index in [-0.39, 0.29) is 16.7 Å². The lowest BCUT2D eigenvalue weighted by Gasteiger charge is -2.39. The normalized spacial score (nSPS) is 31.7. The van der Waals surface area contributed by atoms with Crippen LogP contribution in [0.5, 0.6) is 0 Å². The Morgan fingerprint density at radius 3 is 2.76 bits per heavy atom. The second kappa shape index (κ2) is 6.33. The maximum absolute atomic E-state index is 12.7. The molecule has 2 nitrogen and oxygen atoms in total. The molecule has 1 aliphatic heterocycles. The van der Waals surface area contributed by atoms with E-state index in [0.29, 0.717) is 0 Å². The van der Waals surface area contributed by atoms with Crippen molar-refractivity contribution in [1.29, 1.82) is 0 Å². The fraction of sp³-hybridized carbons (Fsp3) is 0.588. The van der Waals surface area contributed by atoms with Crippen LogP contribution in [-0.4, -0.2) is 22.0 Å². The first-order valence-electron chi connectivity index (χ1n) is 7.74. The Bertz CT molecular complexity index is 500. The molecular formula is C17H22BrNOS. The molecule has 114 valence electrons. The number of carbonyl (C=O) groups excluding carboxylic acids is 1. The Morgan fingerprint density at radius 2 is 2.10 bits per heavy atom. The lowest BCUT2D eigenvalue weighted by Crippen LogP contribution is -2.54. The number of thioether (sulfide) groups is 1. The van der Waals surface area contributed by atoms with E-state index >= 15 is 0 Å². The van der Waals surface area contributed by atoms with Crippen LogP contribution < -0.4 is 5.32 Å². The number of rotatable bonds is 3. The predicted molar refractivity (Wildman–Crippen MR) is 92.1 cm³/mol. The van der Waals surface area contributed by atoms with Gasteiger partial charge in [-0.25, -0.2) is 0 Å². The average molecular weight is 368 g/mol. The van der Waals surface area contributed by atoms with Crippen molar-refractivity contribution in [2.75, 3.05) is 5.33 Å². The van der Waals surface area contributed by atoms with E-state index in [4.69, 9.17) is 0 Å². The molecule has 1 N–H and O–H groups in total. The molecule has 1 saturated carbocycles. The van der Waals surface area contributed by atoms with Crippen LogP contribution in [0.3, 0.4) is 0 Å². The zero-order chi connectivity index (χ0) is 14.9. The third-order valence-corrected chi connectivity index (χ3v) is 7.21. The summed E-state index contributed by atoms with van der Waals surface area (Å²) in [6.07, 6.45) is 5.47. The molecule has 0 aromatic heterocycles. The van der Waals surface area contributed by atoms with E-state index in [1.807, 2.05) is 0 Å². The van der Waals surface area contributed by atoms with Crippen molar-refractivity contribution >= 4 is 33.6 Å². The van der Waals surface area contributed by atoms with Crippen molar-refractivity contribution in [1.82, 2.24) is 5.32 Å². The van der Waals surface area contributed by atoms with Gasteiger partial charge in [0, 0.05) is 15.8 Å². The lowest BCUT2D eigenvalue weighted by atomic mass is 9.78. The summed E-state index contributed by atoms with van der Waals surface area (Å²) in [6.45, 7) is 2.31. The highest BCUT2D eigenvalue weighted by molar-refractivity contribution is 9.09. The first-order chi connectivity index (χ1) is 10.1. The smallest absolute Gasteiger partial charge is 0.234 e. The Balaban J connectivity index is 1.64. The van der Waals surface area contributed by atoms with Crippen molar-refractivity contribution < 1.29 is 4.79 Å². The zero-order valence-electron chi connectivity index (χ0n) is 12.4. The van der Waals surface area contributed by atoms with Gasteiger partial charge in [0.05, 0.1) is 5.25 Å². The third-order valence-electron chi connectivity index (χ3n) is 4.82. The Morgan fingerprint density at radius 1 is 1.38 bits per heavy atom. The molecule has 0 spiro atoms. The average Bonchev–Trinajstić information content (AvgIpc) is 2.94. The lowest BCUT2D eigenvalue weighted by molar-refractivity contribution is -0.122. The van der Waals surface area contributed by atoms with Crippen molar-refractivity contribution in [3.8, 4) is 0 Å². The minimum Gasteiger partial charge on any atom is -0.349 e. The van der Waals surface area contributed by atoms with Gasteiger partial charge in [-0.2, -0.15) is 0 Å². The van der Waals surface area contributed by atoms with Crippen LogP contribution in [-0.2, 0) is 11.2 Å². The highest BCUT2D eigenvalue weighted by Crippen LogP contribution is 2.38. The number of nitrogens with one attached hydrogen (secondary N) is 1. The van der Waals surface area contributed by atoms with Crippen LogP contribution >= 0.6 is 27.7 Å². The second-order valence-electron chi connectivity index (χ2n) is 6.50. The fourth-order valence-electron chi connectivity index (χ4n) is 3.28. The molecule has 1 fully saturated rings. The first-order valence-corrected chi connectivity index (χ1v) is 9.74. The minimum atomic E-state index is -0.0288. The molecule has 1 atom stereocenters. The van der Waals surface area contributed by atoms with E-state index in [2.05, 4.69) is 52.4 Å². The summed E-state index contributed by atoms with van der Waals surface area (Å²) >= 11 is 5.35. The number of carbonyl (C=O) groups is 1. The molecule has 1 aromatic carbocycles. The summed E-state index contributed by atoms with van der Waals surface area (Å²) in [7, 11) is 0. The Kier molecular flexibility index (Phi) is 4.65. The minimum absolute atomic E-state index is 0.0288. The summed E-state index contributed by atoms with van der Waals surface area (Å²) in [4.78, 5) is 13.9. The van der Waals surface area contributed by atoms with Gasteiger partial charge in [0.2, 0.25) is 5.91 Å². The van der Waals surface area contributed by atoms with Gasteiger partial charge in [0.25, 0.3) is 0 Å². The van der Waals surface area contributed by atoms with Crippen LogP contribution in [0.4, 0.5) is 0 Å². The van der Waals surface area contributed by atoms with Gasteiger partial charge in [-0.05, 0) is 49.7 Å². The summed E-state index contributed by atoms with van der Waals surface area (Å²) in [6, 6.07) is 8.37. The molecule has 4 heteroatoms. The number of alkyl halides is 1. The number of amides is 1. The molecule has 3 rings (SSSR count). The second-order valence-corrected chi connectivity index (χ2v) is 8.31. The van der Waals surface area contributed by atoms with E-state index < -0.39 is 0 Å². The molecule has 1 aliphatic carbocycles. The van der Waals surface area contributed by atoms with Crippen LogP contribution in [0.2, 0.25) is 0 Å². The fourth-order valence-corrected chi connectivity index (χ4v) is 5.17. The summed E-state index contributed by atoms with van der Waals surface area (Å²) in [5.74, 6) is 1.00. The molecule has 1 aromatic rings. The van der Waals surface area contributed by atoms with Gasteiger partial charge in [0.1, 0.15) is 0 Å². The van der Waals surface area contributed by atoms with Gasteiger partial charge < -0.3 is 5.32 Å². The van der Waals surface area contributed by atoms with Crippen LogP contribution in [0.25, 0.3) is 0 Å². The topological polar surface area (TPSA) is 29.1 Å². The quantitative estimate of drug-likeness (QED) is 0.812. The number of benzene rings is 1. The largest absolute Gasteiger partial charge is 0.349 e. The van der Waals surface area contributed by atoms with Gasteiger partial charge >= 0.3 is 0 Å². The Hall–Kier alpha value is -0.480. The van der Waals surface area contributed by atoms with Crippen molar-refractivity contribution in [2.24, 2.45) is 5.92 Å². The number of hydrogen-bond donors (Lipinski definition) is 1. The zero-order valence-corrected chi connectivity index (χ0v) is 14.8. The molecular weight excluding hydrogens is 346 g/mol. The summed E-state index contributed by atoms with van der Waals surface area (Å²) < 4.78 is 0. The van der Waals surface area contributed by atoms with Crippen molar-refractivity contribution in [2.45, 2.75) is 54.7 Å². The highest BCUT2D eigenvalue weighted by Gasteiger charge is 2.37. The molecule has 21 heavy (non-hydrogen) atoms. The van der Waals surface area contributed by atoms with Crippen LogP contribution in [0, 0.1) is 5.92 Å². The maximum Gasteiger partial charge on any atom is 0.234 e. The maximum atomic E-state index is 12.7. The van der Waals surface area contributed by atoms with E-state index in [9.17, 15) is 4.79 Å². The SMILES string of the molecule is CC1CCC(CBr)(NC(=O)C2Cc3ccccc3S2)CC1. The molecule has 1 heterocycles. The first kappa shape index (κ1) is 15.4. The van der Waals surface area contributed by atoms with Gasteiger partial charge in [-0.3, -0.25) is 4.79 Å². The third kappa shape index (κ3) is 3.31. The van der Waals surface area contributed by atoms with Gasteiger partial charge in [-0.1, -0.05) is 41.1 Å². The standard InChI is InChI=1S/C17H22BrNOS/c1-12-6-8-17(11-18,9-7-12)19-16(20)15-10-13-4-2-3-5-14(13)21-15/h2-5,12,15H,6-11H2,1H3,(H,19,20).